The summed E-state index contributed by atoms with van der Waals surface area (Å²) in [5.41, 5.74) is 2.53. The number of guanidine groups is 1. The van der Waals surface area contributed by atoms with Gasteiger partial charge in [0.1, 0.15) is 0 Å². The van der Waals surface area contributed by atoms with E-state index >= 15 is 0 Å². The molecule has 0 aliphatic carbocycles. The minimum Gasteiger partial charge on any atom is -0.357 e. The van der Waals surface area contributed by atoms with E-state index in [0.717, 1.165) is 45.1 Å². The number of nitrogens with zero attached hydrogens (tertiary/aromatic N) is 2. The minimum absolute atomic E-state index is 0.714. The monoisotopic (exact) mass is 304 g/mol. The molecular weight excluding hydrogens is 272 g/mol. The predicted molar refractivity (Wildman–Crippen MR) is 96.4 cm³/mol. The van der Waals surface area contributed by atoms with Gasteiger partial charge in [-0.05, 0) is 45.5 Å². The van der Waals surface area contributed by atoms with Crippen molar-refractivity contribution >= 4 is 5.96 Å². The lowest BCUT2D eigenvalue weighted by Crippen LogP contribution is -2.38. The van der Waals surface area contributed by atoms with Crippen LogP contribution in [0, 0.1) is 6.92 Å². The quantitative estimate of drug-likeness (QED) is 0.419. The zero-order valence-electron chi connectivity index (χ0n) is 14.7. The van der Waals surface area contributed by atoms with Gasteiger partial charge in [-0.25, -0.2) is 4.99 Å². The lowest BCUT2D eigenvalue weighted by atomic mass is 10.1. The molecule has 0 aromatic heterocycles. The molecule has 0 saturated heterocycles. The van der Waals surface area contributed by atoms with E-state index in [1.165, 1.54) is 11.1 Å². The second kappa shape index (κ2) is 11.1. The molecule has 4 nitrogen and oxygen atoms in total. The average Bonchev–Trinajstić information content (AvgIpc) is 2.54. The third-order valence-electron chi connectivity index (χ3n) is 3.72. The van der Waals surface area contributed by atoms with Gasteiger partial charge in [0, 0.05) is 13.1 Å². The maximum atomic E-state index is 4.65. The summed E-state index contributed by atoms with van der Waals surface area (Å²) >= 11 is 0. The molecule has 0 heterocycles. The normalized spacial score (nSPS) is 11.8. The summed E-state index contributed by atoms with van der Waals surface area (Å²) in [6.07, 6.45) is 1.14. The van der Waals surface area contributed by atoms with Crippen molar-refractivity contribution in [2.24, 2.45) is 4.99 Å². The van der Waals surface area contributed by atoms with Crippen molar-refractivity contribution in [1.29, 1.82) is 0 Å². The Kier molecular flexibility index (Phi) is 9.31. The largest absolute Gasteiger partial charge is 0.357 e. The number of aryl methyl sites for hydroxylation is 1. The first kappa shape index (κ1) is 18.5. The Bertz CT molecular complexity index is 421. The van der Waals surface area contributed by atoms with Crippen LogP contribution in [0.25, 0.3) is 0 Å². The van der Waals surface area contributed by atoms with Gasteiger partial charge in [0.05, 0.1) is 6.54 Å². The summed E-state index contributed by atoms with van der Waals surface area (Å²) in [5, 5.41) is 6.72. The highest BCUT2D eigenvalue weighted by Gasteiger charge is 2.00. The van der Waals surface area contributed by atoms with E-state index < -0.39 is 0 Å². The van der Waals surface area contributed by atoms with Gasteiger partial charge in [-0.15, -0.1) is 0 Å². The Balaban J connectivity index is 2.40. The molecule has 0 spiro atoms. The predicted octanol–water partition coefficient (Wildman–Crippen LogP) is 2.78. The van der Waals surface area contributed by atoms with Crippen LogP contribution in [0.3, 0.4) is 0 Å². The molecule has 2 N–H and O–H groups in total. The second-order valence-electron chi connectivity index (χ2n) is 5.49. The molecule has 1 aromatic rings. The first-order valence-corrected chi connectivity index (χ1v) is 8.49. The fourth-order valence-corrected chi connectivity index (χ4v) is 2.25. The molecule has 0 fully saturated rings. The van der Waals surface area contributed by atoms with E-state index in [-0.39, 0.29) is 0 Å². The molecule has 0 bridgehead atoms. The van der Waals surface area contributed by atoms with Crippen molar-refractivity contribution < 1.29 is 0 Å². The van der Waals surface area contributed by atoms with Gasteiger partial charge < -0.3 is 15.5 Å². The number of rotatable bonds is 9. The van der Waals surface area contributed by atoms with Crippen LogP contribution in [0.5, 0.6) is 0 Å². The number of hydrogen-bond acceptors (Lipinski definition) is 2. The highest BCUT2D eigenvalue weighted by atomic mass is 15.2. The maximum absolute atomic E-state index is 4.65. The summed E-state index contributed by atoms with van der Waals surface area (Å²) in [6.45, 7) is 14.6. The van der Waals surface area contributed by atoms with Crippen LogP contribution in [-0.2, 0) is 6.54 Å². The number of benzene rings is 1. The van der Waals surface area contributed by atoms with Crippen molar-refractivity contribution in [2.75, 3.05) is 32.7 Å². The minimum atomic E-state index is 0.714. The molecule has 0 unspecified atom stereocenters. The summed E-state index contributed by atoms with van der Waals surface area (Å²) < 4.78 is 0. The van der Waals surface area contributed by atoms with E-state index in [2.05, 4.69) is 72.5 Å². The van der Waals surface area contributed by atoms with Crippen molar-refractivity contribution in [1.82, 2.24) is 15.5 Å². The van der Waals surface area contributed by atoms with Gasteiger partial charge in [-0.3, -0.25) is 0 Å². The van der Waals surface area contributed by atoms with Crippen LogP contribution in [0.4, 0.5) is 0 Å². The lowest BCUT2D eigenvalue weighted by Gasteiger charge is -2.18. The van der Waals surface area contributed by atoms with Crippen molar-refractivity contribution in [3.05, 3.63) is 35.4 Å². The van der Waals surface area contributed by atoms with E-state index in [0.29, 0.717) is 6.54 Å². The fourth-order valence-electron chi connectivity index (χ4n) is 2.25. The number of aliphatic imine (C=N–C) groups is 1. The van der Waals surface area contributed by atoms with E-state index in [9.17, 15) is 0 Å². The van der Waals surface area contributed by atoms with Gasteiger partial charge >= 0.3 is 0 Å². The van der Waals surface area contributed by atoms with Crippen LogP contribution < -0.4 is 10.6 Å². The van der Waals surface area contributed by atoms with Crippen molar-refractivity contribution in [3.8, 4) is 0 Å². The summed E-state index contributed by atoms with van der Waals surface area (Å²) in [4.78, 5) is 7.09. The molecule has 1 aromatic carbocycles. The third kappa shape index (κ3) is 7.46. The Morgan fingerprint density at radius 1 is 1.05 bits per heavy atom. The van der Waals surface area contributed by atoms with Crippen LogP contribution in [-0.4, -0.2) is 43.6 Å². The molecule has 0 aliphatic heterocycles. The molecule has 124 valence electrons. The molecule has 0 aliphatic rings. The molecule has 22 heavy (non-hydrogen) atoms. The maximum Gasteiger partial charge on any atom is 0.191 e. The first-order chi connectivity index (χ1) is 10.7. The molecule has 0 amide bonds. The summed E-state index contributed by atoms with van der Waals surface area (Å²) in [5.74, 6) is 0.905. The third-order valence-corrected chi connectivity index (χ3v) is 3.72. The Morgan fingerprint density at radius 3 is 2.32 bits per heavy atom. The van der Waals surface area contributed by atoms with Crippen LogP contribution in [0.1, 0.15) is 38.3 Å². The Hall–Kier alpha value is -1.55. The van der Waals surface area contributed by atoms with E-state index in [1.807, 2.05) is 0 Å². The molecule has 0 atom stereocenters. The summed E-state index contributed by atoms with van der Waals surface area (Å²) in [6, 6.07) is 8.55. The Morgan fingerprint density at radius 2 is 1.73 bits per heavy atom. The highest BCUT2D eigenvalue weighted by Crippen LogP contribution is 2.04. The number of nitrogens with one attached hydrogen (secondary N) is 2. The molecule has 0 saturated carbocycles. The average molecular weight is 304 g/mol. The molecular formula is C18H32N4. The van der Waals surface area contributed by atoms with Crippen LogP contribution >= 0.6 is 0 Å². The van der Waals surface area contributed by atoms with Gasteiger partial charge in [0.15, 0.2) is 5.96 Å². The van der Waals surface area contributed by atoms with Gasteiger partial charge in [0.25, 0.3) is 0 Å². The van der Waals surface area contributed by atoms with Gasteiger partial charge in [0.2, 0.25) is 0 Å². The van der Waals surface area contributed by atoms with Crippen LogP contribution in [0.2, 0.25) is 0 Å². The first-order valence-electron chi connectivity index (χ1n) is 8.49. The SMILES string of the molecule is CCNC(=NCc1ccc(C)cc1)NCCCN(CC)CC. The Labute approximate surface area is 136 Å². The lowest BCUT2D eigenvalue weighted by molar-refractivity contribution is 0.300. The molecule has 4 heteroatoms. The topological polar surface area (TPSA) is 39.7 Å². The zero-order valence-corrected chi connectivity index (χ0v) is 14.7. The fraction of sp³-hybridized carbons (Fsp3) is 0.611. The highest BCUT2D eigenvalue weighted by molar-refractivity contribution is 5.79. The molecule has 1 rings (SSSR count). The van der Waals surface area contributed by atoms with Crippen molar-refractivity contribution in [3.63, 3.8) is 0 Å². The standard InChI is InChI=1S/C18H32N4/c1-5-19-18(20-13-8-14-22(6-2)7-3)21-15-17-11-9-16(4)10-12-17/h9-12H,5-8,13-15H2,1-4H3,(H2,19,20,21). The zero-order chi connectivity index (χ0) is 16.2. The van der Waals surface area contributed by atoms with E-state index in [1.54, 1.807) is 0 Å². The second-order valence-corrected chi connectivity index (χ2v) is 5.49. The van der Waals surface area contributed by atoms with Gasteiger partial charge in [-0.1, -0.05) is 43.7 Å². The van der Waals surface area contributed by atoms with E-state index in [4.69, 9.17) is 0 Å². The smallest absolute Gasteiger partial charge is 0.191 e. The van der Waals surface area contributed by atoms with Crippen molar-refractivity contribution in [2.45, 2.75) is 40.7 Å². The molecule has 0 radical (unpaired) electrons. The van der Waals surface area contributed by atoms with Crippen LogP contribution in [0.15, 0.2) is 29.3 Å². The summed E-state index contributed by atoms with van der Waals surface area (Å²) in [7, 11) is 0. The van der Waals surface area contributed by atoms with Gasteiger partial charge in [-0.2, -0.15) is 0 Å². The number of hydrogen-bond donors (Lipinski definition) is 2.